The number of nitrogens with one attached hydrogen (secondary N) is 1. The van der Waals surface area contributed by atoms with Crippen molar-refractivity contribution in [1.82, 2.24) is 4.72 Å². The first kappa shape index (κ1) is 16.7. The van der Waals surface area contributed by atoms with Crippen LogP contribution < -0.4 is 10.5 Å². The lowest BCUT2D eigenvalue weighted by Gasteiger charge is -2.22. The molecule has 0 aliphatic heterocycles. The van der Waals surface area contributed by atoms with Crippen LogP contribution >= 0.6 is 27.7 Å². The molecular weight excluding hydrogens is 355 g/mol. The Hall–Kier alpha value is -0.310. The molecule has 8 heteroatoms. The molecule has 0 aromatic heterocycles. The predicted molar refractivity (Wildman–Crippen MR) is 81.3 cm³/mol. The number of nitrogens with two attached hydrogens (primary N) is 1. The van der Waals surface area contributed by atoms with E-state index in [1.165, 1.54) is 17.8 Å². The summed E-state index contributed by atoms with van der Waals surface area (Å²) in [5.74, 6) is -0.844. The molecule has 19 heavy (non-hydrogen) atoms. The minimum Gasteiger partial charge on any atom is -0.399 e. The van der Waals surface area contributed by atoms with Crippen molar-refractivity contribution < 1.29 is 12.8 Å². The van der Waals surface area contributed by atoms with Gasteiger partial charge in [-0.05, 0) is 48.2 Å². The van der Waals surface area contributed by atoms with Gasteiger partial charge in [-0.1, -0.05) is 0 Å². The first-order valence-corrected chi connectivity index (χ1v) is 8.88. The topological polar surface area (TPSA) is 72.2 Å². The Morgan fingerprint density at radius 3 is 2.58 bits per heavy atom. The number of sulfonamides is 1. The van der Waals surface area contributed by atoms with E-state index in [4.69, 9.17) is 5.73 Å². The molecule has 0 atom stereocenters. The zero-order valence-electron chi connectivity index (χ0n) is 10.8. The van der Waals surface area contributed by atoms with E-state index in [0.717, 1.165) is 6.07 Å². The number of rotatable bonds is 5. The average molecular weight is 371 g/mol. The summed E-state index contributed by atoms with van der Waals surface area (Å²) in [7, 11) is -3.93. The maximum atomic E-state index is 13.9. The molecule has 0 heterocycles. The van der Waals surface area contributed by atoms with Gasteiger partial charge in [0.15, 0.2) is 5.82 Å². The fraction of sp³-hybridized carbons (Fsp3) is 0.455. The lowest BCUT2D eigenvalue weighted by atomic mass is 10.2. The van der Waals surface area contributed by atoms with E-state index in [1.54, 1.807) is 0 Å². The fourth-order valence-corrected chi connectivity index (χ4v) is 3.46. The standard InChI is InChI=1S/C11H16BrFN2O2S2/c1-11(2,18-3)6-15-19(16,17)9-5-7(14)4-8(12)10(9)13/h4-5,15H,6,14H2,1-3H3. The van der Waals surface area contributed by atoms with Crippen LogP contribution in [-0.2, 0) is 10.0 Å². The van der Waals surface area contributed by atoms with Gasteiger partial charge in [-0.15, -0.1) is 0 Å². The Morgan fingerprint density at radius 1 is 1.47 bits per heavy atom. The van der Waals surface area contributed by atoms with Gasteiger partial charge in [0, 0.05) is 17.0 Å². The second-order valence-corrected chi connectivity index (χ2v) is 8.71. The molecule has 1 aromatic carbocycles. The summed E-state index contributed by atoms with van der Waals surface area (Å²) in [4.78, 5) is -0.448. The number of halogens is 2. The molecule has 0 amide bonds. The highest BCUT2D eigenvalue weighted by molar-refractivity contribution is 9.10. The van der Waals surface area contributed by atoms with Gasteiger partial charge in [-0.25, -0.2) is 17.5 Å². The zero-order chi connectivity index (χ0) is 14.8. The molecule has 0 radical (unpaired) electrons. The summed E-state index contributed by atoms with van der Waals surface area (Å²) >= 11 is 4.46. The van der Waals surface area contributed by atoms with Gasteiger partial charge in [0.25, 0.3) is 0 Å². The molecule has 0 spiro atoms. The molecule has 0 saturated heterocycles. The summed E-state index contributed by atoms with van der Waals surface area (Å²) in [5.41, 5.74) is 5.72. The van der Waals surface area contributed by atoms with E-state index in [-0.39, 0.29) is 21.5 Å². The third-order valence-electron chi connectivity index (χ3n) is 2.55. The maximum Gasteiger partial charge on any atom is 0.243 e. The second-order valence-electron chi connectivity index (χ2n) is 4.60. The van der Waals surface area contributed by atoms with Gasteiger partial charge in [-0.2, -0.15) is 11.8 Å². The van der Waals surface area contributed by atoms with Gasteiger partial charge in [0.05, 0.1) is 4.47 Å². The van der Waals surface area contributed by atoms with E-state index in [1.807, 2.05) is 20.1 Å². The van der Waals surface area contributed by atoms with E-state index in [0.29, 0.717) is 0 Å². The summed E-state index contributed by atoms with van der Waals surface area (Å²) in [5, 5.41) is 0. The highest BCUT2D eigenvalue weighted by Gasteiger charge is 2.25. The first-order chi connectivity index (χ1) is 8.59. The predicted octanol–water partition coefficient (Wildman–Crippen LogP) is 2.59. The Bertz CT molecular complexity index is 576. The molecule has 3 N–H and O–H groups in total. The van der Waals surface area contributed by atoms with E-state index in [9.17, 15) is 12.8 Å². The van der Waals surface area contributed by atoms with Crippen molar-refractivity contribution in [1.29, 1.82) is 0 Å². The van der Waals surface area contributed by atoms with Crippen LogP contribution in [0.4, 0.5) is 10.1 Å². The van der Waals surface area contributed by atoms with Crippen LogP contribution in [-0.4, -0.2) is 26.0 Å². The second kappa shape index (κ2) is 5.99. The molecule has 1 aromatic rings. The molecule has 108 valence electrons. The van der Waals surface area contributed by atoms with Crippen LogP contribution in [0.25, 0.3) is 0 Å². The summed E-state index contributed by atoms with van der Waals surface area (Å²) in [6, 6.07) is 2.43. The minimum atomic E-state index is -3.93. The monoisotopic (exact) mass is 370 g/mol. The molecule has 0 fully saturated rings. The van der Waals surface area contributed by atoms with Gasteiger partial charge in [0.2, 0.25) is 10.0 Å². The number of hydrogen-bond acceptors (Lipinski definition) is 4. The first-order valence-electron chi connectivity index (χ1n) is 5.38. The number of benzene rings is 1. The summed E-state index contributed by atoms with van der Waals surface area (Å²) < 4.78 is 40.2. The largest absolute Gasteiger partial charge is 0.399 e. The van der Waals surface area contributed by atoms with Crippen LogP contribution in [0.3, 0.4) is 0 Å². The Balaban J connectivity index is 3.08. The van der Waals surface area contributed by atoms with Crippen molar-refractivity contribution in [3.63, 3.8) is 0 Å². The van der Waals surface area contributed by atoms with E-state index >= 15 is 0 Å². The number of nitrogen functional groups attached to an aromatic ring is 1. The third-order valence-corrected chi connectivity index (χ3v) is 5.77. The van der Waals surface area contributed by atoms with Crippen molar-refractivity contribution in [2.24, 2.45) is 0 Å². The molecule has 0 saturated carbocycles. The Labute approximate surface area is 125 Å². The highest BCUT2D eigenvalue weighted by Crippen LogP contribution is 2.27. The molecule has 0 unspecified atom stereocenters. The van der Waals surface area contributed by atoms with Crippen LogP contribution in [0, 0.1) is 5.82 Å². The molecule has 0 bridgehead atoms. The van der Waals surface area contributed by atoms with Gasteiger partial charge in [0.1, 0.15) is 4.90 Å². The molecular formula is C11H16BrFN2O2S2. The number of thioether (sulfide) groups is 1. The smallest absolute Gasteiger partial charge is 0.243 e. The Kier molecular flexibility index (Phi) is 5.28. The van der Waals surface area contributed by atoms with Crippen LogP contribution in [0.5, 0.6) is 0 Å². The van der Waals surface area contributed by atoms with Crippen LogP contribution in [0.2, 0.25) is 0 Å². The van der Waals surface area contributed by atoms with Gasteiger partial charge in [-0.3, -0.25) is 0 Å². The quantitative estimate of drug-likeness (QED) is 0.781. The van der Waals surface area contributed by atoms with Crippen molar-refractivity contribution >= 4 is 43.4 Å². The van der Waals surface area contributed by atoms with Crippen LogP contribution in [0.15, 0.2) is 21.5 Å². The van der Waals surface area contributed by atoms with Gasteiger partial charge >= 0.3 is 0 Å². The number of hydrogen-bond donors (Lipinski definition) is 2. The third kappa shape index (κ3) is 4.34. The normalized spacial score (nSPS) is 12.7. The number of anilines is 1. The maximum absolute atomic E-state index is 13.9. The summed E-state index contributed by atoms with van der Waals surface area (Å²) in [6.07, 6.45) is 1.88. The summed E-state index contributed by atoms with van der Waals surface area (Å²) in [6.45, 7) is 3.99. The van der Waals surface area contributed by atoms with Crippen molar-refractivity contribution in [2.75, 3.05) is 18.5 Å². The molecule has 0 aliphatic rings. The molecule has 4 nitrogen and oxygen atoms in total. The lowest BCUT2D eigenvalue weighted by Crippen LogP contribution is -2.36. The lowest BCUT2D eigenvalue weighted by molar-refractivity contribution is 0.548. The van der Waals surface area contributed by atoms with E-state index < -0.39 is 20.7 Å². The average Bonchev–Trinajstić information content (AvgIpc) is 2.31. The van der Waals surface area contributed by atoms with Crippen molar-refractivity contribution in [2.45, 2.75) is 23.5 Å². The zero-order valence-corrected chi connectivity index (χ0v) is 14.0. The Morgan fingerprint density at radius 2 is 2.05 bits per heavy atom. The SMILES string of the molecule is CSC(C)(C)CNS(=O)(=O)c1cc(N)cc(Br)c1F. The minimum absolute atomic E-state index is 0.0250. The molecule has 0 aliphatic carbocycles. The molecule has 1 rings (SSSR count). The highest BCUT2D eigenvalue weighted by atomic mass is 79.9. The van der Waals surface area contributed by atoms with Gasteiger partial charge < -0.3 is 5.73 Å². The van der Waals surface area contributed by atoms with Crippen molar-refractivity contribution in [3.05, 3.63) is 22.4 Å². The van der Waals surface area contributed by atoms with Crippen LogP contribution in [0.1, 0.15) is 13.8 Å². The van der Waals surface area contributed by atoms with Crippen molar-refractivity contribution in [3.8, 4) is 0 Å². The van der Waals surface area contributed by atoms with E-state index in [2.05, 4.69) is 20.7 Å². The fourth-order valence-electron chi connectivity index (χ4n) is 1.20.